The quantitative estimate of drug-likeness (QED) is 0.431. The van der Waals surface area contributed by atoms with Crippen LogP contribution < -0.4 is 0 Å². The van der Waals surface area contributed by atoms with Crippen LogP contribution in [0.1, 0.15) is 6.42 Å². The SMILES string of the molecule is O=C(CC(=O)OP)OP. The normalized spacial score (nSPS) is 8.22. The molecular formula is C3H6O4P2. The molecule has 0 spiro atoms. The third-order valence-electron chi connectivity index (χ3n) is 0.552. The highest BCUT2D eigenvalue weighted by Crippen LogP contribution is 1.96. The molecular weight excluding hydrogens is 162 g/mol. The zero-order valence-electron chi connectivity index (χ0n) is 4.49. The van der Waals surface area contributed by atoms with Gasteiger partial charge in [0.2, 0.25) is 0 Å². The fourth-order valence-corrected chi connectivity index (χ4v) is 0.368. The molecule has 0 fully saturated rings. The van der Waals surface area contributed by atoms with Gasteiger partial charge in [-0.3, -0.25) is 9.59 Å². The third kappa shape index (κ3) is 4.31. The summed E-state index contributed by atoms with van der Waals surface area (Å²) >= 11 is 0. The molecule has 0 aromatic rings. The predicted molar refractivity (Wildman–Crippen MR) is 36.2 cm³/mol. The molecule has 9 heavy (non-hydrogen) atoms. The highest BCUT2D eigenvalue weighted by atomic mass is 31.0. The molecule has 0 N–H and O–H groups in total. The average Bonchev–Trinajstić information content (AvgIpc) is 1.87. The number of carbonyl (C=O) groups excluding carboxylic acids is 2. The zero-order chi connectivity index (χ0) is 7.28. The van der Waals surface area contributed by atoms with Crippen molar-refractivity contribution in [2.75, 3.05) is 0 Å². The van der Waals surface area contributed by atoms with E-state index in [1.54, 1.807) is 18.9 Å². The van der Waals surface area contributed by atoms with Crippen LogP contribution in [0.5, 0.6) is 0 Å². The summed E-state index contributed by atoms with van der Waals surface area (Å²) in [4.78, 5) is 20.5. The first-order valence-corrected chi connectivity index (χ1v) is 2.94. The molecule has 52 valence electrons. The Labute approximate surface area is 56.9 Å². The van der Waals surface area contributed by atoms with Crippen molar-refractivity contribution in [3.63, 3.8) is 0 Å². The molecule has 0 aromatic heterocycles. The maximum atomic E-state index is 10.2. The Morgan fingerprint density at radius 1 is 1.11 bits per heavy atom. The second-order valence-electron chi connectivity index (χ2n) is 1.16. The van der Waals surface area contributed by atoms with Gasteiger partial charge in [-0.15, -0.1) is 0 Å². The molecule has 0 aliphatic carbocycles. The van der Waals surface area contributed by atoms with Crippen molar-refractivity contribution in [1.82, 2.24) is 0 Å². The van der Waals surface area contributed by atoms with E-state index in [-0.39, 0.29) is 6.42 Å². The molecule has 0 saturated carbocycles. The van der Waals surface area contributed by atoms with E-state index in [1.807, 2.05) is 0 Å². The van der Waals surface area contributed by atoms with Crippen molar-refractivity contribution < 1.29 is 18.6 Å². The largest absolute Gasteiger partial charge is 0.451 e. The highest BCUT2D eigenvalue weighted by Gasteiger charge is 2.07. The topological polar surface area (TPSA) is 52.6 Å². The van der Waals surface area contributed by atoms with Gasteiger partial charge in [0, 0.05) is 0 Å². The molecule has 0 radical (unpaired) electrons. The predicted octanol–water partition coefficient (Wildman–Crippen LogP) is 0.0431. The van der Waals surface area contributed by atoms with Gasteiger partial charge in [0.15, 0.2) is 0 Å². The Hall–Kier alpha value is -0.200. The van der Waals surface area contributed by atoms with Crippen LogP contribution in [0.2, 0.25) is 0 Å². The van der Waals surface area contributed by atoms with Crippen molar-refractivity contribution in [3.05, 3.63) is 0 Å². The first-order valence-electron chi connectivity index (χ1n) is 2.00. The van der Waals surface area contributed by atoms with E-state index in [2.05, 4.69) is 9.05 Å². The van der Waals surface area contributed by atoms with Gasteiger partial charge in [0.05, 0.1) is 18.9 Å². The lowest BCUT2D eigenvalue weighted by Gasteiger charge is -1.94. The van der Waals surface area contributed by atoms with E-state index in [0.29, 0.717) is 0 Å². The summed E-state index contributed by atoms with van der Waals surface area (Å²) in [7, 11) is 3.48. The molecule has 0 aromatic carbocycles. The minimum absolute atomic E-state index is 0.354. The van der Waals surface area contributed by atoms with Crippen LogP contribution in [0.25, 0.3) is 0 Å². The van der Waals surface area contributed by atoms with E-state index < -0.39 is 11.9 Å². The van der Waals surface area contributed by atoms with Crippen LogP contribution in [0.15, 0.2) is 0 Å². The van der Waals surface area contributed by atoms with Crippen molar-refractivity contribution in [2.24, 2.45) is 0 Å². The van der Waals surface area contributed by atoms with E-state index in [9.17, 15) is 9.59 Å². The maximum Gasteiger partial charge on any atom is 0.319 e. The molecule has 0 aliphatic heterocycles. The van der Waals surface area contributed by atoms with Gasteiger partial charge >= 0.3 is 11.9 Å². The molecule has 0 bridgehead atoms. The van der Waals surface area contributed by atoms with Crippen LogP contribution in [-0.2, 0) is 18.6 Å². The molecule has 0 aliphatic rings. The molecule has 0 heterocycles. The summed E-state index contributed by atoms with van der Waals surface area (Å²) in [6, 6.07) is 0. The minimum atomic E-state index is -0.632. The molecule has 2 unspecified atom stereocenters. The molecule has 0 saturated heterocycles. The number of hydrogen-bond donors (Lipinski definition) is 0. The van der Waals surface area contributed by atoms with E-state index in [1.165, 1.54) is 0 Å². The summed E-state index contributed by atoms with van der Waals surface area (Å²) in [5, 5.41) is 0. The van der Waals surface area contributed by atoms with Gasteiger partial charge < -0.3 is 9.05 Å². The van der Waals surface area contributed by atoms with E-state index in [4.69, 9.17) is 0 Å². The molecule has 2 atom stereocenters. The fourth-order valence-electron chi connectivity index (χ4n) is 0.201. The van der Waals surface area contributed by atoms with Crippen molar-refractivity contribution in [3.8, 4) is 0 Å². The monoisotopic (exact) mass is 168 g/mol. The minimum Gasteiger partial charge on any atom is -0.451 e. The first-order chi connectivity index (χ1) is 4.20. The Bertz CT molecular complexity index is 109. The second kappa shape index (κ2) is 4.66. The Morgan fingerprint density at radius 3 is 1.67 bits per heavy atom. The summed E-state index contributed by atoms with van der Waals surface area (Å²) in [6.45, 7) is 0. The van der Waals surface area contributed by atoms with Gasteiger partial charge in [0.1, 0.15) is 6.42 Å². The van der Waals surface area contributed by atoms with Crippen LogP contribution in [-0.4, -0.2) is 11.9 Å². The Morgan fingerprint density at radius 2 is 1.44 bits per heavy atom. The van der Waals surface area contributed by atoms with Gasteiger partial charge in [-0.25, -0.2) is 0 Å². The van der Waals surface area contributed by atoms with E-state index >= 15 is 0 Å². The maximum absolute atomic E-state index is 10.2. The molecule has 0 amide bonds. The second-order valence-corrected chi connectivity index (χ2v) is 1.63. The lowest BCUT2D eigenvalue weighted by atomic mass is 10.5. The van der Waals surface area contributed by atoms with Crippen LogP contribution in [0, 0.1) is 0 Å². The highest BCUT2D eigenvalue weighted by molar-refractivity contribution is 7.11. The van der Waals surface area contributed by atoms with Gasteiger partial charge in [-0.05, 0) is 0 Å². The molecule has 0 rings (SSSR count). The van der Waals surface area contributed by atoms with E-state index in [0.717, 1.165) is 0 Å². The molecule has 4 nitrogen and oxygen atoms in total. The van der Waals surface area contributed by atoms with Gasteiger partial charge in [-0.1, -0.05) is 0 Å². The Balaban J connectivity index is 3.47. The summed E-state index contributed by atoms with van der Waals surface area (Å²) in [5.41, 5.74) is 0. The van der Waals surface area contributed by atoms with Crippen molar-refractivity contribution in [1.29, 1.82) is 0 Å². The van der Waals surface area contributed by atoms with Crippen LogP contribution in [0.3, 0.4) is 0 Å². The lowest BCUT2D eigenvalue weighted by molar-refractivity contribution is -0.142. The van der Waals surface area contributed by atoms with Gasteiger partial charge in [-0.2, -0.15) is 0 Å². The Kier molecular flexibility index (Phi) is 4.55. The first kappa shape index (κ1) is 8.80. The summed E-state index contributed by atoms with van der Waals surface area (Å²) in [5.74, 6) is -1.26. The number of rotatable bonds is 2. The van der Waals surface area contributed by atoms with Crippen LogP contribution in [0.4, 0.5) is 0 Å². The number of carbonyl (C=O) groups is 2. The smallest absolute Gasteiger partial charge is 0.319 e. The van der Waals surface area contributed by atoms with Crippen LogP contribution >= 0.6 is 18.9 Å². The molecule has 6 heteroatoms. The average molecular weight is 168 g/mol. The third-order valence-corrected chi connectivity index (χ3v) is 1.08. The van der Waals surface area contributed by atoms with Crippen molar-refractivity contribution in [2.45, 2.75) is 6.42 Å². The van der Waals surface area contributed by atoms with Gasteiger partial charge in [0.25, 0.3) is 0 Å². The summed E-state index contributed by atoms with van der Waals surface area (Å²) in [6.07, 6.45) is -0.354. The number of hydrogen-bond acceptors (Lipinski definition) is 4. The zero-order valence-corrected chi connectivity index (χ0v) is 6.80. The lowest BCUT2D eigenvalue weighted by Crippen LogP contribution is -2.06. The van der Waals surface area contributed by atoms with Crippen molar-refractivity contribution >= 4 is 30.9 Å². The standard InChI is InChI=1S/C3H6O4P2/c4-2(6-8)1-3(5)7-9/h1,8-9H2. The summed E-state index contributed by atoms with van der Waals surface area (Å²) < 4.78 is 8.18. The fraction of sp³-hybridized carbons (Fsp3) is 0.333.